The molecule has 1 aromatic heterocycles. The maximum absolute atomic E-state index is 15.1. The Morgan fingerprint density at radius 2 is 0.981 bits per heavy atom. The predicted molar refractivity (Wildman–Crippen MR) is 403 cm³/mol. The van der Waals surface area contributed by atoms with Crippen LogP contribution in [0.4, 0.5) is 0 Å². The molecule has 106 heavy (non-hydrogen) atoms. The monoisotopic (exact) mass is 1490 g/mol. The van der Waals surface area contributed by atoms with Gasteiger partial charge in [-0.05, 0) is 131 Å². The second-order valence-electron chi connectivity index (χ2n) is 30.6. The first-order chi connectivity index (χ1) is 49.2. The number of nitrogens with zero attached hydrogens (tertiary/aromatic N) is 7. The van der Waals surface area contributed by atoms with E-state index in [1.807, 2.05) is 61.5 Å². The van der Waals surface area contributed by atoms with Gasteiger partial charge in [-0.3, -0.25) is 57.5 Å². The summed E-state index contributed by atoms with van der Waals surface area (Å²) in [5.74, 6) is -11.3. The summed E-state index contributed by atoms with van der Waals surface area (Å²) in [5.41, 5.74) is -0.343. The van der Waals surface area contributed by atoms with Crippen molar-refractivity contribution in [2.75, 3.05) is 55.9 Å². The Hall–Kier alpha value is -9.28. The quantitative estimate of drug-likeness (QED) is 0.0627. The lowest BCUT2D eigenvalue weighted by Crippen LogP contribution is -2.63. The van der Waals surface area contributed by atoms with Crippen molar-refractivity contribution in [1.82, 2.24) is 55.6 Å². The summed E-state index contributed by atoms with van der Waals surface area (Å²) in [5, 5.41) is 61.4. The number of allylic oxidation sites excluding steroid dienone is 2. The standard InChI is InChI=1S/C62H111N11O12.C15H10O6/c1-25-27-28-40(15)52(75)51-56(79)65-43(26-2)58(81)67(18)33-48(74)68(19)44(29-34(3)4)55(78)66-49(38(11)12)61(84)69(20)45(30-35(5)6)54(77)63-41(16)53(76)64-42(17)57(80)70(21)46(31-36(7)8)59(82)71(22)47(32-37(9)10)60(83)72(23)50(39(13)14)62(85)73(51)24;16-8-2-3-9-12(6-8)21-15(14(20)13(9)19)7-1-4-10(17)11(18)5-7/h25,27,34-47,49-52,75H,26,28-33H2,1-24H3,(H,63,77)(H,64,76)(H,65,79)(H,66,78);1-6,16-18,20H. The third kappa shape index (κ3) is 23.9. The van der Waals surface area contributed by atoms with Crippen LogP contribution in [-0.2, 0) is 52.7 Å². The minimum atomic E-state index is -1.61. The fourth-order valence-corrected chi connectivity index (χ4v) is 12.7. The van der Waals surface area contributed by atoms with Crippen LogP contribution in [0.2, 0.25) is 0 Å². The molecule has 29 nitrogen and oxygen atoms in total. The largest absolute Gasteiger partial charge is 0.508 e. The molecular formula is C77H121N11O18. The number of phenolic OH excluding ortho intramolecular Hbond substituents is 3. The van der Waals surface area contributed by atoms with Crippen molar-refractivity contribution in [1.29, 1.82) is 0 Å². The van der Waals surface area contributed by atoms with Crippen molar-refractivity contribution >= 4 is 75.9 Å². The number of carbonyl (C=O) groups excluding carboxylic acids is 11. The molecule has 1 fully saturated rings. The average molecular weight is 1490 g/mol. The number of fused-ring (bicyclic) bond motifs is 1. The summed E-state index contributed by atoms with van der Waals surface area (Å²) in [6, 6.07) is -4.69. The van der Waals surface area contributed by atoms with E-state index in [1.165, 1.54) is 118 Å². The maximum atomic E-state index is 15.1. The maximum Gasteiger partial charge on any atom is 0.246 e. The Kier molecular flexibility index (Phi) is 34.7. The number of hydrogen-bond acceptors (Lipinski definition) is 18. The summed E-state index contributed by atoms with van der Waals surface area (Å²) in [6.45, 7) is 29.3. The van der Waals surface area contributed by atoms with E-state index in [0.717, 1.165) is 15.9 Å². The van der Waals surface area contributed by atoms with Gasteiger partial charge in [-0.15, -0.1) is 0 Å². The third-order valence-electron chi connectivity index (χ3n) is 19.2. The van der Waals surface area contributed by atoms with E-state index >= 15 is 9.59 Å². The summed E-state index contributed by atoms with van der Waals surface area (Å²) in [7, 11) is 9.92. The van der Waals surface area contributed by atoms with Crippen molar-refractivity contribution in [3.05, 3.63) is 58.8 Å². The Balaban J connectivity index is 0.00000117. The molecule has 0 radical (unpaired) electrons. The average Bonchev–Trinajstić information content (AvgIpc) is 0.775. The zero-order valence-electron chi connectivity index (χ0n) is 66.6. The molecule has 0 saturated carbocycles. The van der Waals surface area contributed by atoms with Gasteiger partial charge >= 0.3 is 0 Å². The van der Waals surface area contributed by atoms with Gasteiger partial charge in [0.15, 0.2) is 17.3 Å². The number of nitrogens with one attached hydrogen (secondary N) is 4. The molecule has 12 unspecified atom stereocenters. The highest BCUT2D eigenvalue weighted by Gasteiger charge is 2.46. The van der Waals surface area contributed by atoms with Crippen LogP contribution in [0, 0.1) is 41.4 Å². The van der Waals surface area contributed by atoms with Gasteiger partial charge in [-0.2, -0.15) is 0 Å². The van der Waals surface area contributed by atoms with Gasteiger partial charge in [-0.1, -0.05) is 109 Å². The highest BCUT2D eigenvalue weighted by atomic mass is 16.4. The van der Waals surface area contributed by atoms with Crippen molar-refractivity contribution in [2.24, 2.45) is 41.4 Å². The van der Waals surface area contributed by atoms with Gasteiger partial charge in [0.2, 0.25) is 76.2 Å². The summed E-state index contributed by atoms with van der Waals surface area (Å²) >= 11 is 0. The molecule has 2 heterocycles. The highest BCUT2D eigenvalue weighted by molar-refractivity contribution is 6.00. The van der Waals surface area contributed by atoms with Gasteiger partial charge in [-0.25, -0.2) is 0 Å². The van der Waals surface area contributed by atoms with Gasteiger partial charge in [0, 0.05) is 61.0 Å². The van der Waals surface area contributed by atoms with Gasteiger partial charge in [0.1, 0.15) is 71.8 Å². The molecule has 11 amide bonds. The fourth-order valence-electron chi connectivity index (χ4n) is 12.7. The molecule has 29 heteroatoms. The summed E-state index contributed by atoms with van der Waals surface area (Å²) < 4.78 is 5.43. The number of aliphatic hydroxyl groups is 1. The first-order valence-electron chi connectivity index (χ1n) is 36.5. The van der Waals surface area contributed by atoms with Crippen LogP contribution in [0.1, 0.15) is 156 Å². The lowest BCUT2D eigenvalue weighted by atomic mass is 9.91. The Labute approximate surface area is 624 Å². The molecule has 1 aliphatic heterocycles. The minimum Gasteiger partial charge on any atom is -0.508 e. The Morgan fingerprint density at radius 1 is 0.500 bits per heavy atom. The lowest BCUT2D eigenvalue weighted by molar-refractivity contribution is -0.157. The van der Waals surface area contributed by atoms with Crippen molar-refractivity contribution in [3.63, 3.8) is 0 Å². The molecule has 2 aromatic carbocycles. The Bertz CT molecular complexity index is 3670. The minimum absolute atomic E-state index is 0.0229. The number of amides is 11. The molecule has 12 atom stereocenters. The number of aliphatic hydroxyl groups excluding tert-OH is 1. The van der Waals surface area contributed by atoms with Crippen molar-refractivity contribution < 1.29 is 82.7 Å². The third-order valence-corrected chi connectivity index (χ3v) is 19.2. The van der Waals surface area contributed by atoms with Crippen LogP contribution in [0.5, 0.6) is 23.0 Å². The summed E-state index contributed by atoms with van der Waals surface area (Å²) in [4.78, 5) is 181. The van der Waals surface area contributed by atoms with Crippen LogP contribution in [0.25, 0.3) is 22.3 Å². The van der Waals surface area contributed by atoms with E-state index in [2.05, 4.69) is 21.3 Å². The normalized spacial score (nSPS) is 23.7. The first-order valence-corrected chi connectivity index (χ1v) is 36.5. The summed E-state index contributed by atoms with van der Waals surface area (Å²) in [6.07, 6.45) is 3.04. The van der Waals surface area contributed by atoms with E-state index in [0.29, 0.717) is 6.42 Å². The van der Waals surface area contributed by atoms with E-state index < -0.39 is 173 Å². The zero-order valence-corrected chi connectivity index (χ0v) is 66.6. The van der Waals surface area contributed by atoms with Crippen molar-refractivity contribution in [3.8, 4) is 34.3 Å². The molecule has 3 aromatic rings. The SMILES string of the molecule is CC=CCC(C)C(O)C1C(=O)NC(CC)C(=O)N(C)CC(=O)N(C)C(CC(C)C)C(=O)NC(C(C)C)C(=O)N(C)C(CC(C)C)C(=O)NC(C)C(=O)NC(C)C(=O)N(C)C(CC(C)C)C(=O)N(C)C(CC(C)C)C(=O)N(C)C(C(C)C)C(=O)N1C.O=c1c(O)c(-c2ccc(O)c(O)c2)oc2cc(O)ccc12. The predicted octanol–water partition coefficient (Wildman–Crippen LogP) is 5.55. The molecule has 9 N–H and O–H groups in total. The fraction of sp³-hybridized carbons (Fsp3) is 0.636. The number of carbonyl (C=O) groups is 11. The number of aromatic hydroxyl groups is 4. The Morgan fingerprint density at radius 3 is 1.48 bits per heavy atom. The highest BCUT2D eigenvalue weighted by Crippen LogP contribution is 2.36. The van der Waals surface area contributed by atoms with E-state index in [-0.39, 0.29) is 89.6 Å². The molecule has 0 bridgehead atoms. The smallest absolute Gasteiger partial charge is 0.246 e. The molecule has 0 aliphatic carbocycles. The van der Waals surface area contributed by atoms with Gasteiger partial charge in [0.05, 0.1) is 18.0 Å². The van der Waals surface area contributed by atoms with Crippen LogP contribution in [-0.4, -0.2) is 247 Å². The molecular weight excluding hydrogens is 1370 g/mol. The molecule has 1 aliphatic rings. The van der Waals surface area contributed by atoms with Crippen LogP contribution in [0.15, 0.2) is 57.8 Å². The molecule has 592 valence electrons. The molecule has 4 rings (SSSR count). The number of likely N-dealkylation sites (N-methyl/N-ethyl adjacent to an activating group) is 7. The second-order valence-corrected chi connectivity index (χ2v) is 30.6. The lowest BCUT2D eigenvalue weighted by Gasteiger charge is -2.41. The topological polar surface area (TPSA) is 390 Å². The number of benzene rings is 2. The number of rotatable bonds is 16. The van der Waals surface area contributed by atoms with Crippen LogP contribution < -0.4 is 26.7 Å². The number of phenols is 3. The zero-order chi connectivity index (χ0) is 81.1. The van der Waals surface area contributed by atoms with E-state index in [4.69, 9.17) is 4.42 Å². The second kappa shape index (κ2) is 40.4. The molecule has 0 spiro atoms. The van der Waals surface area contributed by atoms with E-state index in [1.54, 1.807) is 54.5 Å². The van der Waals surface area contributed by atoms with Crippen LogP contribution in [0.3, 0.4) is 0 Å². The van der Waals surface area contributed by atoms with Gasteiger partial charge in [0.25, 0.3) is 0 Å². The number of hydrogen-bond donors (Lipinski definition) is 9. The van der Waals surface area contributed by atoms with Gasteiger partial charge < -0.3 is 85.5 Å². The van der Waals surface area contributed by atoms with E-state index in [9.17, 15) is 73.5 Å². The molecule has 1 saturated heterocycles. The van der Waals surface area contributed by atoms with Crippen molar-refractivity contribution in [2.45, 2.75) is 223 Å². The van der Waals surface area contributed by atoms with Crippen LogP contribution >= 0.6 is 0 Å². The first kappa shape index (κ1) is 90.9.